The highest BCUT2D eigenvalue weighted by atomic mass is 16.5. The van der Waals surface area contributed by atoms with E-state index >= 15 is 0 Å². The van der Waals surface area contributed by atoms with Crippen LogP contribution in [0, 0.1) is 0 Å². The Morgan fingerprint density at radius 1 is 1.50 bits per heavy atom. The molecular weight excluding hydrogens is 208 g/mol. The van der Waals surface area contributed by atoms with E-state index in [2.05, 4.69) is 5.10 Å². The highest BCUT2D eigenvalue weighted by Gasteiger charge is 2.21. The van der Waals surface area contributed by atoms with E-state index in [-0.39, 0.29) is 6.10 Å². The van der Waals surface area contributed by atoms with Crippen LogP contribution in [0.25, 0.3) is 0 Å². The van der Waals surface area contributed by atoms with Crippen molar-refractivity contribution in [2.45, 2.75) is 39.0 Å². The standard InChI is InChI=1S/C11H20N2O3/c1-5-13-11(10(16-4)7-12-13)9(14)6-8(2)15-3/h7-9,14H,5-6H2,1-4H3. The lowest BCUT2D eigenvalue weighted by Crippen LogP contribution is -2.15. The van der Waals surface area contributed by atoms with Crippen LogP contribution in [-0.4, -0.2) is 35.2 Å². The van der Waals surface area contributed by atoms with Gasteiger partial charge in [0.05, 0.1) is 19.4 Å². The van der Waals surface area contributed by atoms with Crippen molar-refractivity contribution in [3.05, 3.63) is 11.9 Å². The zero-order valence-electron chi connectivity index (χ0n) is 10.3. The van der Waals surface area contributed by atoms with Gasteiger partial charge in [-0.15, -0.1) is 0 Å². The number of aliphatic hydroxyl groups excluding tert-OH is 1. The van der Waals surface area contributed by atoms with E-state index in [0.717, 1.165) is 0 Å². The summed E-state index contributed by atoms with van der Waals surface area (Å²) in [6.45, 7) is 4.60. The summed E-state index contributed by atoms with van der Waals surface area (Å²) in [5, 5.41) is 14.3. The minimum atomic E-state index is -0.618. The summed E-state index contributed by atoms with van der Waals surface area (Å²) in [5.74, 6) is 0.623. The van der Waals surface area contributed by atoms with Gasteiger partial charge in [-0.3, -0.25) is 4.68 Å². The quantitative estimate of drug-likeness (QED) is 0.799. The Bertz CT molecular complexity index is 304. The number of ether oxygens (including phenoxy) is 2. The molecular formula is C11H20N2O3. The van der Waals surface area contributed by atoms with Gasteiger partial charge in [0.25, 0.3) is 0 Å². The molecule has 0 fully saturated rings. The first kappa shape index (κ1) is 13.0. The number of rotatable bonds is 6. The lowest BCUT2D eigenvalue weighted by atomic mass is 10.1. The highest BCUT2D eigenvalue weighted by Crippen LogP contribution is 2.28. The highest BCUT2D eigenvalue weighted by molar-refractivity contribution is 5.27. The largest absolute Gasteiger partial charge is 0.493 e. The van der Waals surface area contributed by atoms with Crippen LogP contribution in [0.1, 0.15) is 32.1 Å². The summed E-state index contributed by atoms with van der Waals surface area (Å²) in [4.78, 5) is 0. The molecule has 2 unspecified atom stereocenters. The van der Waals surface area contributed by atoms with Crippen LogP contribution in [0.4, 0.5) is 0 Å². The summed E-state index contributed by atoms with van der Waals surface area (Å²) in [6, 6.07) is 0. The molecule has 0 radical (unpaired) electrons. The Labute approximate surface area is 96.0 Å². The van der Waals surface area contributed by atoms with E-state index in [1.807, 2.05) is 13.8 Å². The molecule has 92 valence electrons. The number of hydrogen-bond acceptors (Lipinski definition) is 4. The number of aromatic nitrogens is 2. The Balaban J connectivity index is 2.87. The van der Waals surface area contributed by atoms with Crippen LogP contribution in [0.2, 0.25) is 0 Å². The Hall–Kier alpha value is -1.07. The lowest BCUT2D eigenvalue weighted by molar-refractivity contribution is 0.0513. The van der Waals surface area contributed by atoms with Crippen LogP contribution in [0.3, 0.4) is 0 Å². The third kappa shape index (κ3) is 2.74. The molecule has 0 aliphatic heterocycles. The first-order chi connectivity index (χ1) is 7.63. The van der Waals surface area contributed by atoms with Crippen LogP contribution < -0.4 is 4.74 Å². The molecule has 5 nitrogen and oxygen atoms in total. The normalized spacial score (nSPS) is 14.8. The van der Waals surface area contributed by atoms with E-state index < -0.39 is 6.10 Å². The van der Waals surface area contributed by atoms with Crippen molar-refractivity contribution in [2.24, 2.45) is 0 Å². The molecule has 1 aromatic rings. The van der Waals surface area contributed by atoms with Crippen molar-refractivity contribution < 1.29 is 14.6 Å². The lowest BCUT2D eigenvalue weighted by Gasteiger charge is -2.17. The zero-order chi connectivity index (χ0) is 12.1. The fourth-order valence-corrected chi connectivity index (χ4v) is 1.65. The maximum absolute atomic E-state index is 10.1. The van der Waals surface area contributed by atoms with Gasteiger partial charge in [0, 0.05) is 20.1 Å². The molecule has 0 saturated carbocycles. The average molecular weight is 228 g/mol. The Kier molecular flexibility index (Phi) is 4.76. The van der Waals surface area contributed by atoms with Gasteiger partial charge in [-0.1, -0.05) is 0 Å². The van der Waals surface area contributed by atoms with E-state index in [0.29, 0.717) is 24.4 Å². The predicted molar refractivity (Wildman–Crippen MR) is 60.5 cm³/mol. The molecule has 5 heteroatoms. The first-order valence-electron chi connectivity index (χ1n) is 5.44. The van der Waals surface area contributed by atoms with Crippen molar-refractivity contribution in [1.29, 1.82) is 0 Å². The Morgan fingerprint density at radius 3 is 2.69 bits per heavy atom. The second-order valence-electron chi connectivity index (χ2n) is 3.71. The summed E-state index contributed by atoms with van der Waals surface area (Å²) >= 11 is 0. The van der Waals surface area contributed by atoms with Gasteiger partial charge in [-0.25, -0.2) is 0 Å². The molecule has 2 atom stereocenters. The topological polar surface area (TPSA) is 56.5 Å². The van der Waals surface area contributed by atoms with E-state index in [1.54, 1.807) is 25.1 Å². The number of methoxy groups -OCH3 is 2. The van der Waals surface area contributed by atoms with Crippen molar-refractivity contribution in [2.75, 3.05) is 14.2 Å². The van der Waals surface area contributed by atoms with Crippen molar-refractivity contribution in [3.63, 3.8) is 0 Å². The number of hydrogen-bond donors (Lipinski definition) is 1. The molecule has 0 saturated heterocycles. The number of aryl methyl sites for hydroxylation is 1. The molecule has 0 spiro atoms. The third-order valence-electron chi connectivity index (χ3n) is 2.64. The second kappa shape index (κ2) is 5.86. The fraction of sp³-hybridized carbons (Fsp3) is 0.727. The monoisotopic (exact) mass is 228 g/mol. The molecule has 0 amide bonds. The number of aliphatic hydroxyl groups is 1. The van der Waals surface area contributed by atoms with E-state index in [1.165, 1.54) is 0 Å². The van der Waals surface area contributed by atoms with Crippen LogP contribution in [-0.2, 0) is 11.3 Å². The van der Waals surface area contributed by atoms with Gasteiger partial charge in [0.15, 0.2) is 5.75 Å². The molecule has 0 aliphatic rings. The van der Waals surface area contributed by atoms with Gasteiger partial charge in [0.1, 0.15) is 11.8 Å². The van der Waals surface area contributed by atoms with Gasteiger partial charge in [0.2, 0.25) is 0 Å². The predicted octanol–water partition coefficient (Wildman–Crippen LogP) is 1.37. The maximum Gasteiger partial charge on any atom is 0.162 e. The van der Waals surface area contributed by atoms with Gasteiger partial charge < -0.3 is 14.6 Å². The smallest absolute Gasteiger partial charge is 0.162 e. The van der Waals surface area contributed by atoms with Crippen LogP contribution in [0.5, 0.6) is 5.75 Å². The minimum Gasteiger partial charge on any atom is -0.493 e. The summed E-state index contributed by atoms with van der Waals surface area (Å²) in [7, 11) is 3.21. The summed E-state index contributed by atoms with van der Waals surface area (Å²) in [5.41, 5.74) is 0.717. The van der Waals surface area contributed by atoms with Crippen molar-refractivity contribution in [3.8, 4) is 5.75 Å². The molecule has 1 aromatic heterocycles. The molecule has 1 N–H and O–H groups in total. The summed E-state index contributed by atoms with van der Waals surface area (Å²) in [6.07, 6.45) is 1.53. The Morgan fingerprint density at radius 2 is 2.19 bits per heavy atom. The second-order valence-corrected chi connectivity index (χ2v) is 3.71. The average Bonchev–Trinajstić information content (AvgIpc) is 2.71. The zero-order valence-corrected chi connectivity index (χ0v) is 10.3. The molecule has 16 heavy (non-hydrogen) atoms. The van der Waals surface area contributed by atoms with E-state index in [4.69, 9.17) is 9.47 Å². The first-order valence-corrected chi connectivity index (χ1v) is 5.44. The SMILES string of the molecule is CCn1ncc(OC)c1C(O)CC(C)OC. The summed E-state index contributed by atoms with van der Waals surface area (Å²) < 4.78 is 12.1. The number of nitrogens with zero attached hydrogens (tertiary/aromatic N) is 2. The van der Waals surface area contributed by atoms with Crippen molar-refractivity contribution >= 4 is 0 Å². The third-order valence-corrected chi connectivity index (χ3v) is 2.64. The fourth-order valence-electron chi connectivity index (χ4n) is 1.65. The molecule has 0 bridgehead atoms. The molecule has 0 aromatic carbocycles. The maximum atomic E-state index is 10.1. The minimum absolute atomic E-state index is 0.0000813. The van der Waals surface area contributed by atoms with Gasteiger partial charge >= 0.3 is 0 Å². The van der Waals surface area contributed by atoms with E-state index in [9.17, 15) is 5.11 Å². The van der Waals surface area contributed by atoms with Crippen LogP contribution >= 0.6 is 0 Å². The van der Waals surface area contributed by atoms with Gasteiger partial charge in [-0.2, -0.15) is 5.10 Å². The van der Waals surface area contributed by atoms with Crippen molar-refractivity contribution in [1.82, 2.24) is 9.78 Å². The van der Waals surface area contributed by atoms with Crippen LogP contribution in [0.15, 0.2) is 6.20 Å². The molecule has 0 aliphatic carbocycles. The molecule has 1 heterocycles. The molecule has 1 rings (SSSR count). The van der Waals surface area contributed by atoms with Gasteiger partial charge in [-0.05, 0) is 13.8 Å².